The van der Waals surface area contributed by atoms with Crippen LogP contribution in [0.25, 0.3) is 5.69 Å². The lowest BCUT2D eigenvalue weighted by Crippen LogP contribution is -2.37. The highest BCUT2D eigenvalue weighted by Gasteiger charge is 2.29. The first-order chi connectivity index (χ1) is 13.6. The third kappa shape index (κ3) is 3.43. The number of piperidine rings is 1. The summed E-state index contributed by atoms with van der Waals surface area (Å²) in [4.78, 5) is 19.0. The number of benzene rings is 1. The van der Waals surface area contributed by atoms with Gasteiger partial charge in [-0.05, 0) is 30.9 Å². The SMILES string of the molecule is Cn1ccnc1C(O)C1CCN(c2cnn(-c3ccccc3)c(=O)c2Cl)CC1. The van der Waals surface area contributed by atoms with Gasteiger partial charge in [-0.1, -0.05) is 29.8 Å². The average molecular weight is 400 g/mol. The molecule has 0 radical (unpaired) electrons. The van der Waals surface area contributed by atoms with Crippen LogP contribution < -0.4 is 10.5 Å². The van der Waals surface area contributed by atoms with E-state index in [4.69, 9.17) is 11.6 Å². The summed E-state index contributed by atoms with van der Waals surface area (Å²) in [6.07, 6.45) is 6.15. The molecule has 2 aromatic heterocycles. The highest BCUT2D eigenvalue weighted by Crippen LogP contribution is 2.33. The fraction of sp³-hybridized carbons (Fsp3) is 0.350. The number of anilines is 1. The van der Waals surface area contributed by atoms with Crippen LogP contribution in [0.4, 0.5) is 5.69 Å². The molecule has 3 heterocycles. The van der Waals surface area contributed by atoms with Crippen molar-refractivity contribution < 1.29 is 5.11 Å². The van der Waals surface area contributed by atoms with Crippen LogP contribution in [0.2, 0.25) is 5.02 Å². The molecule has 3 aromatic rings. The van der Waals surface area contributed by atoms with Crippen molar-refractivity contribution in [3.8, 4) is 5.69 Å². The van der Waals surface area contributed by atoms with Gasteiger partial charge in [0.1, 0.15) is 17.0 Å². The Hall–Kier alpha value is -2.64. The van der Waals surface area contributed by atoms with Gasteiger partial charge in [0.05, 0.1) is 17.6 Å². The molecule has 0 bridgehead atoms. The van der Waals surface area contributed by atoms with Gasteiger partial charge < -0.3 is 14.6 Å². The number of aliphatic hydroxyl groups excluding tert-OH is 1. The van der Waals surface area contributed by atoms with Crippen LogP contribution in [-0.4, -0.2) is 37.5 Å². The molecule has 1 fully saturated rings. The van der Waals surface area contributed by atoms with E-state index in [-0.39, 0.29) is 16.5 Å². The Morgan fingerprint density at radius 1 is 1.21 bits per heavy atom. The fourth-order valence-electron chi connectivity index (χ4n) is 3.73. The normalized spacial score (nSPS) is 16.3. The Bertz CT molecular complexity index is 1010. The zero-order chi connectivity index (χ0) is 19.7. The Morgan fingerprint density at radius 2 is 1.93 bits per heavy atom. The van der Waals surface area contributed by atoms with Crippen LogP contribution in [0.1, 0.15) is 24.8 Å². The lowest BCUT2D eigenvalue weighted by molar-refractivity contribution is 0.0825. The minimum absolute atomic E-state index is 0.119. The first kappa shape index (κ1) is 18.7. The lowest BCUT2D eigenvalue weighted by Gasteiger charge is -2.35. The summed E-state index contributed by atoms with van der Waals surface area (Å²) < 4.78 is 3.16. The summed E-state index contributed by atoms with van der Waals surface area (Å²) in [5.74, 6) is 0.803. The van der Waals surface area contributed by atoms with Crippen molar-refractivity contribution in [2.75, 3.05) is 18.0 Å². The van der Waals surface area contributed by atoms with Gasteiger partial charge in [0, 0.05) is 32.5 Å². The first-order valence-corrected chi connectivity index (χ1v) is 9.67. The molecule has 1 N–H and O–H groups in total. The standard InChI is InChI=1S/C20H22ClN5O2/c1-24-12-9-22-19(24)18(27)14-7-10-25(11-8-14)16-13-23-26(20(28)17(16)21)15-5-3-2-4-6-15/h2-6,9,12-14,18,27H,7-8,10-11H2,1H3. The summed E-state index contributed by atoms with van der Waals surface area (Å²) in [6.45, 7) is 1.39. The fourth-order valence-corrected chi connectivity index (χ4v) is 3.98. The number of imidazole rings is 1. The van der Waals surface area contributed by atoms with Crippen molar-refractivity contribution in [2.45, 2.75) is 18.9 Å². The van der Waals surface area contributed by atoms with E-state index in [1.54, 1.807) is 12.4 Å². The number of hydrogen-bond acceptors (Lipinski definition) is 5. The predicted molar refractivity (Wildman–Crippen MR) is 108 cm³/mol. The quantitative estimate of drug-likeness (QED) is 0.729. The topological polar surface area (TPSA) is 76.2 Å². The van der Waals surface area contributed by atoms with E-state index in [9.17, 15) is 9.90 Å². The summed E-state index contributed by atoms with van der Waals surface area (Å²) in [7, 11) is 1.88. The summed E-state index contributed by atoms with van der Waals surface area (Å²) in [6, 6.07) is 9.21. The number of rotatable bonds is 4. The van der Waals surface area contributed by atoms with Crippen molar-refractivity contribution >= 4 is 17.3 Å². The van der Waals surface area contributed by atoms with Gasteiger partial charge in [0.25, 0.3) is 5.56 Å². The predicted octanol–water partition coefficient (Wildman–Crippen LogP) is 2.57. The molecule has 1 aliphatic heterocycles. The summed E-state index contributed by atoms with van der Waals surface area (Å²) in [5.41, 5.74) is 0.988. The third-order valence-electron chi connectivity index (χ3n) is 5.35. The minimum atomic E-state index is -0.596. The molecule has 8 heteroatoms. The van der Waals surface area contributed by atoms with Crippen LogP contribution in [-0.2, 0) is 7.05 Å². The lowest BCUT2D eigenvalue weighted by atomic mass is 9.90. The van der Waals surface area contributed by atoms with E-state index in [0.29, 0.717) is 30.3 Å². The monoisotopic (exact) mass is 399 g/mol. The van der Waals surface area contributed by atoms with Crippen LogP contribution in [0, 0.1) is 5.92 Å². The molecule has 0 saturated carbocycles. The zero-order valence-electron chi connectivity index (χ0n) is 15.6. The molecule has 146 valence electrons. The number of aromatic nitrogens is 4. The number of nitrogens with zero attached hydrogens (tertiary/aromatic N) is 5. The summed E-state index contributed by atoms with van der Waals surface area (Å²) >= 11 is 6.40. The molecule has 0 amide bonds. The molecule has 1 aliphatic rings. The van der Waals surface area contributed by atoms with E-state index in [1.807, 2.05) is 48.1 Å². The van der Waals surface area contributed by atoms with Gasteiger partial charge in [-0.2, -0.15) is 9.78 Å². The molecule has 28 heavy (non-hydrogen) atoms. The van der Waals surface area contributed by atoms with Crippen molar-refractivity contribution in [1.29, 1.82) is 0 Å². The van der Waals surface area contributed by atoms with E-state index in [1.165, 1.54) is 4.68 Å². The minimum Gasteiger partial charge on any atom is -0.385 e. The van der Waals surface area contributed by atoms with Gasteiger partial charge >= 0.3 is 0 Å². The second-order valence-corrected chi connectivity index (χ2v) is 7.44. The molecule has 0 aliphatic carbocycles. The number of halogens is 1. The van der Waals surface area contributed by atoms with Gasteiger partial charge in [0.15, 0.2) is 0 Å². The van der Waals surface area contributed by atoms with Gasteiger partial charge in [0.2, 0.25) is 0 Å². The second-order valence-electron chi connectivity index (χ2n) is 7.06. The van der Waals surface area contributed by atoms with Crippen molar-refractivity contribution in [1.82, 2.24) is 19.3 Å². The number of hydrogen-bond donors (Lipinski definition) is 1. The number of aliphatic hydroxyl groups is 1. The first-order valence-electron chi connectivity index (χ1n) is 9.29. The molecular formula is C20H22ClN5O2. The smallest absolute Gasteiger partial charge is 0.292 e. The van der Waals surface area contributed by atoms with E-state index in [0.717, 1.165) is 12.8 Å². The third-order valence-corrected chi connectivity index (χ3v) is 5.71. The van der Waals surface area contributed by atoms with E-state index >= 15 is 0 Å². The molecule has 7 nitrogen and oxygen atoms in total. The Kier molecular flexibility index (Phi) is 5.19. The molecule has 1 aromatic carbocycles. The highest BCUT2D eigenvalue weighted by atomic mass is 35.5. The van der Waals surface area contributed by atoms with Crippen LogP contribution in [0.3, 0.4) is 0 Å². The van der Waals surface area contributed by atoms with Crippen LogP contribution in [0.15, 0.2) is 53.7 Å². The average Bonchev–Trinajstić information content (AvgIpc) is 3.16. The molecule has 1 saturated heterocycles. The summed E-state index contributed by atoms with van der Waals surface area (Å²) in [5, 5.41) is 15.1. The maximum Gasteiger partial charge on any atom is 0.292 e. The molecule has 0 spiro atoms. The van der Waals surface area contributed by atoms with Crippen LogP contribution >= 0.6 is 11.6 Å². The zero-order valence-corrected chi connectivity index (χ0v) is 16.3. The Morgan fingerprint density at radius 3 is 2.57 bits per heavy atom. The van der Waals surface area contributed by atoms with E-state index in [2.05, 4.69) is 15.0 Å². The van der Waals surface area contributed by atoms with E-state index < -0.39 is 6.10 Å². The van der Waals surface area contributed by atoms with Gasteiger partial charge in [-0.15, -0.1) is 0 Å². The van der Waals surface area contributed by atoms with Gasteiger partial charge in [-0.25, -0.2) is 4.98 Å². The number of aryl methyl sites for hydroxylation is 1. The van der Waals surface area contributed by atoms with Crippen molar-refractivity contribution in [3.05, 3.63) is 70.1 Å². The van der Waals surface area contributed by atoms with Gasteiger partial charge in [-0.3, -0.25) is 4.79 Å². The maximum absolute atomic E-state index is 12.7. The molecular weight excluding hydrogens is 378 g/mol. The van der Waals surface area contributed by atoms with Crippen molar-refractivity contribution in [2.24, 2.45) is 13.0 Å². The van der Waals surface area contributed by atoms with Crippen LogP contribution in [0.5, 0.6) is 0 Å². The Balaban J connectivity index is 1.50. The molecule has 4 rings (SSSR count). The van der Waals surface area contributed by atoms with Crippen molar-refractivity contribution in [3.63, 3.8) is 0 Å². The molecule has 1 atom stereocenters. The second kappa shape index (κ2) is 7.77. The molecule has 1 unspecified atom stereocenters. The largest absolute Gasteiger partial charge is 0.385 e. The Labute approximate surface area is 167 Å². The highest BCUT2D eigenvalue weighted by molar-refractivity contribution is 6.33. The maximum atomic E-state index is 12.7. The number of para-hydroxylation sites is 1.